The van der Waals surface area contributed by atoms with Crippen molar-refractivity contribution < 1.29 is 14.3 Å². The van der Waals surface area contributed by atoms with Crippen LogP contribution in [0.1, 0.15) is 17.5 Å². The lowest BCUT2D eigenvalue weighted by Gasteiger charge is -2.22. The zero-order valence-corrected chi connectivity index (χ0v) is 15.1. The van der Waals surface area contributed by atoms with Gasteiger partial charge in [-0.2, -0.15) is 0 Å². The minimum absolute atomic E-state index is 0.107. The quantitative estimate of drug-likeness (QED) is 0.890. The first-order chi connectivity index (χ1) is 12.7. The summed E-state index contributed by atoms with van der Waals surface area (Å²) in [5, 5.41) is 0. The third-order valence-corrected chi connectivity index (χ3v) is 4.73. The normalized spacial score (nSPS) is 14.8. The fraction of sp³-hybridized carbons (Fsp3) is 0.400. The van der Waals surface area contributed by atoms with E-state index in [4.69, 9.17) is 4.74 Å². The fourth-order valence-corrected chi connectivity index (χ4v) is 3.20. The Hall–Kier alpha value is -2.76. The number of H-pyrrole nitrogens is 1. The summed E-state index contributed by atoms with van der Waals surface area (Å²) in [6, 6.07) is 9.49. The number of amides is 2. The third-order valence-electron chi connectivity index (χ3n) is 4.73. The number of aromatic amines is 1. The predicted octanol–water partition coefficient (Wildman–Crippen LogP) is 1.87. The van der Waals surface area contributed by atoms with Gasteiger partial charge in [0.2, 0.25) is 11.8 Å². The molecule has 0 radical (unpaired) electrons. The Morgan fingerprint density at radius 1 is 0.923 bits per heavy atom. The summed E-state index contributed by atoms with van der Waals surface area (Å²) in [5.41, 5.74) is 1.96. The number of nitrogens with zero attached hydrogens (tertiary/aromatic N) is 2. The van der Waals surface area contributed by atoms with Crippen LogP contribution in [0.25, 0.3) is 0 Å². The van der Waals surface area contributed by atoms with Gasteiger partial charge in [-0.3, -0.25) is 9.59 Å². The van der Waals surface area contributed by atoms with Crippen molar-refractivity contribution >= 4 is 11.8 Å². The number of rotatable bonds is 5. The van der Waals surface area contributed by atoms with Gasteiger partial charge in [-0.1, -0.05) is 12.1 Å². The molecule has 1 fully saturated rings. The summed E-state index contributed by atoms with van der Waals surface area (Å²) in [6.07, 6.45) is 5.27. The second kappa shape index (κ2) is 8.56. The largest absolute Gasteiger partial charge is 0.497 e. The van der Waals surface area contributed by atoms with Crippen LogP contribution >= 0.6 is 0 Å². The molecule has 2 heterocycles. The summed E-state index contributed by atoms with van der Waals surface area (Å²) in [6.45, 7) is 2.59. The lowest BCUT2D eigenvalue weighted by Crippen LogP contribution is -2.38. The van der Waals surface area contributed by atoms with Gasteiger partial charge in [-0.05, 0) is 35.7 Å². The zero-order valence-electron chi connectivity index (χ0n) is 15.1. The van der Waals surface area contributed by atoms with Crippen molar-refractivity contribution in [3.8, 4) is 5.75 Å². The van der Waals surface area contributed by atoms with Gasteiger partial charge in [-0.15, -0.1) is 0 Å². The van der Waals surface area contributed by atoms with Crippen LogP contribution < -0.4 is 4.74 Å². The van der Waals surface area contributed by atoms with Gasteiger partial charge in [0.1, 0.15) is 5.75 Å². The number of nitrogens with one attached hydrogen (secondary N) is 1. The summed E-state index contributed by atoms with van der Waals surface area (Å²) in [4.78, 5) is 31.7. The number of carbonyl (C=O) groups is 2. The van der Waals surface area contributed by atoms with E-state index in [1.54, 1.807) is 7.11 Å². The number of ether oxygens (including phenoxy) is 1. The first kappa shape index (κ1) is 18.0. The van der Waals surface area contributed by atoms with Crippen LogP contribution in [0, 0.1) is 0 Å². The number of carbonyl (C=O) groups excluding carboxylic acids is 2. The number of benzene rings is 1. The molecule has 26 heavy (non-hydrogen) atoms. The maximum absolute atomic E-state index is 12.6. The van der Waals surface area contributed by atoms with E-state index in [2.05, 4.69) is 4.98 Å². The van der Waals surface area contributed by atoms with E-state index in [-0.39, 0.29) is 11.8 Å². The van der Waals surface area contributed by atoms with Crippen LogP contribution in [0.2, 0.25) is 0 Å². The Labute approximate surface area is 153 Å². The summed E-state index contributed by atoms with van der Waals surface area (Å²) in [7, 11) is 1.63. The SMILES string of the molecule is COc1ccc(CC(=O)N2CCCN(C(=O)Cc3cc[nH]c3)CC2)cc1. The van der Waals surface area contributed by atoms with Gasteiger partial charge in [-0.25, -0.2) is 0 Å². The highest BCUT2D eigenvalue weighted by Gasteiger charge is 2.22. The first-order valence-corrected chi connectivity index (χ1v) is 8.96. The highest BCUT2D eigenvalue weighted by atomic mass is 16.5. The van der Waals surface area contributed by atoms with Gasteiger partial charge in [0.15, 0.2) is 0 Å². The van der Waals surface area contributed by atoms with Crippen molar-refractivity contribution in [1.29, 1.82) is 0 Å². The third kappa shape index (κ3) is 4.65. The Kier molecular flexibility index (Phi) is 5.94. The molecule has 1 aliphatic rings. The Morgan fingerprint density at radius 2 is 1.54 bits per heavy atom. The first-order valence-electron chi connectivity index (χ1n) is 8.96. The molecule has 3 rings (SSSR count). The van der Waals surface area contributed by atoms with E-state index in [1.807, 2.05) is 52.5 Å². The number of methoxy groups -OCH3 is 1. The van der Waals surface area contributed by atoms with Gasteiger partial charge < -0.3 is 19.5 Å². The molecule has 0 saturated carbocycles. The van der Waals surface area contributed by atoms with Crippen molar-refractivity contribution in [1.82, 2.24) is 14.8 Å². The monoisotopic (exact) mass is 355 g/mol. The van der Waals surface area contributed by atoms with Crippen LogP contribution in [0.5, 0.6) is 5.75 Å². The van der Waals surface area contributed by atoms with Crippen LogP contribution in [0.15, 0.2) is 42.7 Å². The number of hydrogen-bond donors (Lipinski definition) is 1. The van der Waals surface area contributed by atoms with E-state index in [0.29, 0.717) is 39.0 Å². The molecule has 0 unspecified atom stereocenters. The van der Waals surface area contributed by atoms with Crippen molar-refractivity contribution in [3.05, 3.63) is 53.9 Å². The predicted molar refractivity (Wildman–Crippen MR) is 99.0 cm³/mol. The van der Waals surface area contributed by atoms with E-state index >= 15 is 0 Å². The van der Waals surface area contributed by atoms with E-state index in [9.17, 15) is 9.59 Å². The molecular formula is C20H25N3O3. The fourth-order valence-electron chi connectivity index (χ4n) is 3.20. The average molecular weight is 355 g/mol. The Morgan fingerprint density at radius 3 is 2.08 bits per heavy atom. The molecule has 1 aromatic carbocycles. The van der Waals surface area contributed by atoms with Gasteiger partial charge in [0, 0.05) is 38.6 Å². The van der Waals surface area contributed by atoms with Gasteiger partial charge >= 0.3 is 0 Å². The second-order valence-corrected chi connectivity index (χ2v) is 6.54. The average Bonchev–Trinajstić information content (AvgIpc) is 3.03. The lowest BCUT2D eigenvalue weighted by atomic mass is 10.1. The molecule has 6 heteroatoms. The minimum Gasteiger partial charge on any atom is -0.497 e. The maximum atomic E-state index is 12.6. The topological polar surface area (TPSA) is 65.6 Å². The van der Waals surface area contributed by atoms with Crippen LogP contribution in [-0.2, 0) is 22.4 Å². The van der Waals surface area contributed by atoms with Crippen LogP contribution in [-0.4, -0.2) is 59.9 Å². The molecule has 0 bridgehead atoms. The molecule has 6 nitrogen and oxygen atoms in total. The molecule has 0 atom stereocenters. The smallest absolute Gasteiger partial charge is 0.227 e. The van der Waals surface area contributed by atoms with Gasteiger partial charge in [0.25, 0.3) is 0 Å². The number of hydrogen-bond acceptors (Lipinski definition) is 3. The van der Waals surface area contributed by atoms with Crippen molar-refractivity contribution in [2.24, 2.45) is 0 Å². The standard InChI is InChI=1S/C20H25N3O3/c1-26-18-5-3-16(4-6-18)13-19(24)22-9-2-10-23(12-11-22)20(25)14-17-7-8-21-15-17/h3-8,15,21H,2,9-14H2,1H3. The number of aromatic nitrogens is 1. The molecule has 138 valence electrons. The maximum Gasteiger partial charge on any atom is 0.227 e. The Bertz CT molecular complexity index is 725. The van der Waals surface area contributed by atoms with Crippen molar-refractivity contribution in [2.75, 3.05) is 33.3 Å². The molecule has 1 N–H and O–H groups in total. The Balaban J connectivity index is 1.52. The molecule has 1 saturated heterocycles. The molecule has 2 aromatic rings. The molecule has 0 aliphatic carbocycles. The second-order valence-electron chi connectivity index (χ2n) is 6.54. The van der Waals surface area contributed by atoms with E-state index < -0.39 is 0 Å². The lowest BCUT2D eigenvalue weighted by molar-refractivity contribution is -0.132. The minimum atomic E-state index is 0.107. The molecule has 2 amide bonds. The highest BCUT2D eigenvalue weighted by molar-refractivity contribution is 5.80. The zero-order chi connectivity index (χ0) is 18.4. The van der Waals surface area contributed by atoms with E-state index in [0.717, 1.165) is 23.3 Å². The van der Waals surface area contributed by atoms with E-state index in [1.165, 1.54) is 0 Å². The summed E-state index contributed by atoms with van der Waals surface area (Å²) in [5.74, 6) is 1.01. The van der Waals surface area contributed by atoms with Crippen LogP contribution in [0.4, 0.5) is 0 Å². The van der Waals surface area contributed by atoms with Crippen molar-refractivity contribution in [3.63, 3.8) is 0 Å². The highest BCUT2D eigenvalue weighted by Crippen LogP contribution is 2.13. The molecule has 1 aliphatic heterocycles. The summed E-state index contributed by atoms with van der Waals surface area (Å²) >= 11 is 0. The molecule has 1 aromatic heterocycles. The van der Waals surface area contributed by atoms with Gasteiger partial charge in [0.05, 0.1) is 20.0 Å². The van der Waals surface area contributed by atoms with Crippen molar-refractivity contribution in [2.45, 2.75) is 19.3 Å². The molecule has 0 spiro atoms. The van der Waals surface area contributed by atoms with Crippen LogP contribution in [0.3, 0.4) is 0 Å². The summed E-state index contributed by atoms with van der Waals surface area (Å²) < 4.78 is 5.14. The molecular weight excluding hydrogens is 330 g/mol.